The fourth-order valence-corrected chi connectivity index (χ4v) is 3.44. The lowest BCUT2D eigenvalue weighted by Crippen LogP contribution is -2.48. The number of rotatable bonds is 4. The summed E-state index contributed by atoms with van der Waals surface area (Å²) in [6.07, 6.45) is 4.13. The van der Waals surface area contributed by atoms with Gasteiger partial charge in [-0.2, -0.15) is 0 Å². The average Bonchev–Trinajstić information content (AvgIpc) is 2.62. The first-order chi connectivity index (χ1) is 11.7. The molecule has 0 saturated carbocycles. The van der Waals surface area contributed by atoms with Gasteiger partial charge in [0.15, 0.2) is 0 Å². The first-order valence-electron chi connectivity index (χ1n) is 8.95. The Morgan fingerprint density at radius 1 is 1.33 bits per heavy atom. The fourth-order valence-electron chi connectivity index (χ4n) is 3.44. The highest BCUT2D eigenvalue weighted by molar-refractivity contribution is 5.74. The summed E-state index contributed by atoms with van der Waals surface area (Å²) in [5, 5.41) is 3.03. The van der Waals surface area contributed by atoms with Crippen molar-refractivity contribution in [1.29, 1.82) is 0 Å². The van der Waals surface area contributed by atoms with Crippen LogP contribution >= 0.6 is 0 Å². The van der Waals surface area contributed by atoms with Crippen molar-refractivity contribution in [1.82, 2.24) is 20.1 Å². The monoisotopic (exact) mass is 332 g/mol. The van der Waals surface area contributed by atoms with E-state index in [0.29, 0.717) is 12.5 Å². The Morgan fingerprint density at radius 2 is 2.17 bits per heavy atom. The Hall–Kier alpha value is -1.66. The van der Waals surface area contributed by atoms with Gasteiger partial charge in [-0.3, -0.25) is 9.88 Å². The maximum Gasteiger partial charge on any atom is 0.317 e. The number of pyridine rings is 1. The van der Waals surface area contributed by atoms with Crippen LogP contribution < -0.4 is 5.32 Å². The molecule has 6 heteroatoms. The Kier molecular flexibility index (Phi) is 6.04. The van der Waals surface area contributed by atoms with E-state index in [9.17, 15) is 4.79 Å². The van der Waals surface area contributed by atoms with Crippen LogP contribution in [0.5, 0.6) is 0 Å². The summed E-state index contributed by atoms with van der Waals surface area (Å²) in [6.45, 7) is 9.00. The van der Waals surface area contributed by atoms with Crippen molar-refractivity contribution in [2.75, 3.05) is 45.9 Å². The molecule has 3 heterocycles. The molecule has 1 atom stereocenters. The molecule has 2 aliphatic rings. The zero-order valence-electron chi connectivity index (χ0n) is 14.5. The highest BCUT2D eigenvalue weighted by Gasteiger charge is 2.25. The van der Waals surface area contributed by atoms with E-state index < -0.39 is 0 Å². The van der Waals surface area contributed by atoms with Crippen LogP contribution in [0, 0.1) is 12.8 Å². The van der Waals surface area contributed by atoms with Gasteiger partial charge in [0.1, 0.15) is 0 Å². The minimum atomic E-state index is 0.0438. The van der Waals surface area contributed by atoms with Gasteiger partial charge in [-0.05, 0) is 37.3 Å². The summed E-state index contributed by atoms with van der Waals surface area (Å²) in [4.78, 5) is 21.1. The molecule has 1 N–H and O–H groups in total. The Labute approximate surface area is 144 Å². The number of nitrogens with one attached hydrogen (secondary N) is 1. The summed E-state index contributed by atoms with van der Waals surface area (Å²) in [7, 11) is 0. The van der Waals surface area contributed by atoms with Crippen LogP contribution in [-0.4, -0.2) is 66.8 Å². The molecule has 2 saturated heterocycles. The predicted molar refractivity (Wildman–Crippen MR) is 92.8 cm³/mol. The summed E-state index contributed by atoms with van der Waals surface area (Å²) in [6, 6.07) is 4.03. The van der Waals surface area contributed by atoms with Gasteiger partial charge in [0.2, 0.25) is 0 Å². The fraction of sp³-hybridized carbons (Fsp3) is 0.667. The molecule has 6 nitrogen and oxygen atoms in total. The lowest BCUT2D eigenvalue weighted by atomic mass is 9.97. The maximum absolute atomic E-state index is 12.4. The van der Waals surface area contributed by atoms with Gasteiger partial charge in [-0.15, -0.1) is 0 Å². The molecule has 3 rings (SSSR count). The molecule has 0 radical (unpaired) electrons. The Balaban J connectivity index is 1.44. The van der Waals surface area contributed by atoms with Crippen molar-refractivity contribution < 1.29 is 9.53 Å². The molecule has 0 bridgehead atoms. The number of morpholine rings is 1. The van der Waals surface area contributed by atoms with Gasteiger partial charge in [-0.25, -0.2) is 4.79 Å². The van der Waals surface area contributed by atoms with Crippen LogP contribution in [0.15, 0.2) is 18.3 Å². The highest BCUT2D eigenvalue weighted by Crippen LogP contribution is 2.18. The third kappa shape index (κ3) is 4.92. The van der Waals surface area contributed by atoms with E-state index in [1.807, 2.05) is 30.2 Å². The van der Waals surface area contributed by atoms with Crippen molar-refractivity contribution in [3.05, 3.63) is 29.6 Å². The van der Waals surface area contributed by atoms with Gasteiger partial charge in [0.05, 0.1) is 13.2 Å². The molecular weight excluding hydrogens is 304 g/mol. The largest absolute Gasteiger partial charge is 0.379 e. The van der Waals surface area contributed by atoms with E-state index in [1.54, 1.807) is 0 Å². The molecule has 0 aromatic carbocycles. The number of piperidine rings is 1. The van der Waals surface area contributed by atoms with Crippen LogP contribution in [0.25, 0.3) is 0 Å². The number of likely N-dealkylation sites (tertiary alicyclic amines) is 1. The average molecular weight is 332 g/mol. The van der Waals surface area contributed by atoms with Crippen molar-refractivity contribution in [3.8, 4) is 0 Å². The second-order valence-electron chi connectivity index (χ2n) is 6.83. The van der Waals surface area contributed by atoms with Crippen LogP contribution in [-0.2, 0) is 11.3 Å². The lowest BCUT2D eigenvalue weighted by molar-refractivity contribution is 0.0249. The molecule has 0 aliphatic carbocycles. The molecule has 0 spiro atoms. The highest BCUT2D eigenvalue weighted by atomic mass is 16.5. The quantitative estimate of drug-likeness (QED) is 0.911. The second kappa shape index (κ2) is 8.44. The number of urea groups is 1. The minimum absolute atomic E-state index is 0.0438. The summed E-state index contributed by atoms with van der Waals surface area (Å²) in [5.41, 5.74) is 2.03. The number of aryl methyl sites for hydroxylation is 1. The number of nitrogens with zero attached hydrogens (tertiary/aromatic N) is 3. The van der Waals surface area contributed by atoms with E-state index in [0.717, 1.165) is 63.6 Å². The third-order valence-corrected chi connectivity index (χ3v) is 4.84. The Morgan fingerprint density at radius 3 is 2.92 bits per heavy atom. The van der Waals surface area contributed by atoms with Crippen molar-refractivity contribution in [3.63, 3.8) is 0 Å². The van der Waals surface area contributed by atoms with Crippen molar-refractivity contribution in [2.45, 2.75) is 26.3 Å². The van der Waals surface area contributed by atoms with Crippen LogP contribution in [0.2, 0.25) is 0 Å². The van der Waals surface area contributed by atoms with Gasteiger partial charge < -0.3 is 15.0 Å². The molecule has 2 amide bonds. The van der Waals surface area contributed by atoms with Gasteiger partial charge >= 0.3 is 6.03 Å². The van der Waals surface area contributed by atoms with Crippen LogP contribution in [0.4, 0.5) is 4.79 Å². The zero-order chi connectivity index (χ0) is 16.8. The third-order valence-electron chi connectivity index (χ3n) is 4.84. The standard InChI is InChI=1S/C18H28N4O2/c1-15-4-5-16(11-19-15)12-20-18(23)22-6-2-3-17(14-22)13-21-7-9-24-10-8-21/h4-5,11,17H,2-3,6-10,12-14H2,1H3,(H,20,23)/t17-/m1/s1. The molecule has 1 aromatic rings. The number of amides is 2. The zero-order valence-corrected chi connectivity index (χ0v) is 14.5. The molecule has 2 fully saturated rings. The van der Waals surface area contributed by atoms with E-state index in [-0.39, 0.29) is 6.03 Å². The molecule has 24 heavy (non-hydrogen) atoms. The number of hydrogen-bond donors (Lipinski definition) is 1. The van der Waals surface area contributed by atoms with E-state index in [1.165, 1.54) is 6.42 Å². The van der Waals surface area contributed by atoms with E-state index in [4.69, 9.17) is 4.74 Å². The predicted octanol–water partition coefficient (Wildman–Crippen LogP) is 1.64. The number of aromatic nitrogens is 1. The number of carbonyl (C=O) groups is 1. The molecule has 2 aliphatic heterocycles. The number of ether oxygens (including phenoxy) is 1. The first kappa shape index (κ1) is 17.2. The summed E-state index contributed by atoms with van der Waals surface area (Å²) >= 11 is 0. The van der Waals surface area contributed by atoms with E-state index in [2.05, 4.69) is 15.2 Å². The SMILES string of the molecule is Cc1ccc(CNC(=O)N2CCC[C@H](CN3CCOCC3)C2)cn1. The first-order valence-corrected chi connectivity index (χ1v) is 8.95. The number of carbonyl (C=O) groups excluding carboxylic acids is 1. The lowest BCUT2D eigenvalue weighted by Gasteiger charge is -2.36. The van der Waals surface area contributed by atoms with Crippen LogP contribution in [0.1, 0.15) is 24.1 Å². The summed E-state index contributed by atoms with van der Waals surface area (Å²) in [5.74, 6) is 0.573. The summed E-state index contributed by atoms with van der Waals surface area (Å²) < 4.78 is 5.41. The van der Waals surface area contributed by atoms with Gasteiger partial charge in [-0.1, -0.05) is 6.07 Å². The smallest absolute Gasteiger partial charge is 0.317 e. The van der Waals surface area contributed by atoms with E-state index >= 15 is 0 Å². The minimum Gasteiger partial charge on any atom is -0.379 e. The van der Waals surface area contributed by atoms with Crippen LogP contribution in [0.3, 0.4) is 0 Å². The van der Waals surface area contributed by atoms with Crippen molar-refractivity contribution in [2.24, 2.45) is 5.92 Å². The molecule has 1 aromatic heterocycles. The second-order valence-corrected chi connectivity index (χ2v) is 6.83. The van der Waals surface area contributed by atoms with Crippen molar-refractivity contribution >= 4 is 6.03 Å². The molecule has 132 valence electrons. The Bertz CT molecular complexity index is 528. The molecular formula is C18H28N4O2. The molecule has 0 unspecified atom stereocenters. The van der Waals surface area contributed by atoms with Gasteiger partial charge in [0, 0.05) is 51.2 Å². The normalized spacial score (nSPS) is 22.4. The maximum atomic E-state index is 12.4. The number of hydrogen-bond acceptors (Lipinski definition) is 4. The topological polar surface area (TPSA) is 57.7 Å². The van der Waals surface area contributed by atoms with Gasteiger partial charge in [0.25, 0.3) is 0 Å².